The van der Waals surface area contributed by atoms with Gasteiger partial charge in [0.05, 0.1) is 0 Å². The van der Waals surface area contributed by atoms with Crippen LogP contribution in [0.3, 0.4) is 0 Å². The van der Waals surface area contributed by atoms with Gasteiger partial charge in [0.25, 0.3) is 0 Å². The summed E-state index contributed by atoms with van der Waals surface area (Å²) in [6, 6.07) is 16.8. The van der Waals surface area contributed by atoms with Gasteiger partial charge in [0, 0.05) is 0 Å². The lowest BCUT2D eigenvalue weighted by Gasteiger charge is -2.13. The van der Waals surface area contributed by atoms with Crippen LogP contribution < -0.4 is 0 Å². The van der Waals surface area contributed by atoms with Crippen LogP contribution in [0.25, 0.3) is 0 Å². The van der Waals surface area contributed by atoms with Crippen molar-refractivity contribution in [1.82, 2.24) is 0 Å². The van der Waals surface area contributed by atoms with Crippen LogP contribution in [0.15, 0.2) is 48.5 Å². The summed E-state index contributed by atoms with van der Waals surface area (Å²) in [4.78, 5) is 0. The maximum Gasteiger partial charge on any atom is 0.104 e. The molecular formula is C19H22O. The second kappa shape index (κ2) is 5.80. The van der Waals surface area contributed by atoms with E-state index in [1.165, 1.54) is 24.0 Å². The first-order valence-electron chi connectivity index (χ1n) is 7.64. The van der Waals surface area contributed by atoms with Crippen molar-refractivity contribution in [3.63, 3.8) is 0 Å². The van der Waals surface area contributed by atoms with Gasteiger partial charge in [-0.2, -0.15) is 0 Å². The minimum atomic E-state index is -0.510. The molecule has 1 nitrogen and oxygen atoms in total. The lowest BCUT2D eigenvalue weighted by molar-refractivity contribution is 0.220. The molecule has 1 unspecified atom stereocenters. The summed E-state index contributed by atoms with van der Waals surface area (Å²) in [7, 11) is 0. The molecule has 0 bridgehead atoms. The van der Waals surface area contributed by atoms with E-state index < -0.39 is 6.10 Å². The molecule has 0 heterocycles. The molecule has 1 N–H and O–H groups in total. The summed E-state index contributed by atoms with van der Waals surface area (Å²) >= 11 is 0. The smallest absolute Gasteiger partial charge is 0.104 e. The third kappa shape index (κ3) is 2.94. The maximum absolute atomic E-state index is 10.5. The molecule has 0 amide bonds. The number of aryl methyl sites for hydroxylation is 1. The van der Waals surface area contributed by atoms with Gasteiger partial charge in [-0.1, -0.05) is 61.9 Å². The topological polar surface area (TPSA) is 20.2 Å². The standard InChI is InChI=1S/C19H22O/c1-2-4-14-7-9-16(10-8-14)19(20)18-6-3-5-17(13-18)15-11-12-15/h3,5-10,13,15,19-20H,2,4,11-12H2,1H3. The van der Waals surface area contributed by atoms with Crippen LogP contribution >= 0.6 is 0 Å². The molecule has 2 aromatic carbocycles. The van der Waals surface area contributed by atoms with Crippen molar-refractivity contribution in [3.8, 4) is 0 Å². The Bertz CT molecular complexity index is 567. The first kappa shape index (κ1) is 13.4. The number of aliphatic hydroxyl groups is 1. The fourth-order valence-electron chi connectivity index (χ4n) is 2.75. The van der Waals surface area contributed by atoms with E-state index in [1.807, 2.05) is 6.07 Å². The Kier molecular flexibility index (Phi) is 3.88. The van der Waals surface area contributed by atoms with Crippen molar-refractivity contribution in [2.24, 2.45) is 0 Å². The van der Waals surface area contributed by atoms with Crippen LogP contribution in [0.2, 0.25) is 0 Å². The van der Waals surface area contributed by atoms with E-state index in [0.717, 1.165) is 29.9 Å². The zero-order valence-electron chi connectivity index (χ0n) is 12.0. The lowest BCUT2D eigenvalue weighted by Crippen LogP contribution is -2.00. The van der Waals surface area contributed by atoms with Crippen molar-refractivity contribution in [2.45, 2.75) is 44.6 Å². The van der Waals surface area contributed by atoms with Gasteiger partial charge < -0.3 is 5.11 Å². The second-order valence-corrected chi connectivity index (χ2v) is 5.84. The molecule has 1 fully saturated rings. The third-order valence-corrected chi connectivity index (χ3v) is 4.11. The van der Waals surface area contributed by atoms with Gasteiger partial charge in [-0.25, -0.2) is 0 Å². The van der Waals surface area contributed by atoms with Crippen LogP contribution in [0, 0.1) is 0 Å². The van der Waals surface area contributed by atoms with Crippen molar-refractivity contribution in [1.29, 1.82) is 0 Å². The van der Waals surface area contributed by atoms with Crippen molar-refractivity contribution in [2.75, 3.05) is 0 Å². The van der Waals surface area contributed by atoms with Gasteiger partial charge in [-0.05, 0) is 47.4 Å². The number of hydrogen-bond acceptors (Lipinski definition) is 1. The van der Waals surface area contributed by atoms with Crippen LogP contribution in [0.5, 0.6) is 0 Å². The normalized spacial score (nSPS) is 16.1. The van der Waals surface area contributed by atoms with Gasteiger partial charge in [0.15, 0.2) is 0 Å². The second-order valence-electron chi connectivity index (χ2n) is 5.84. The van der Waals surface area contributed by atoms with E-state index in [4.69, 9.17) is 0 Å². The molecule has 0 spiro atoms. The summed E-state index contributed by atoms with van der Waals surface area (Å²) in [5.74, 6) is 0.731. The fraction of sp³-hybridized carbons (Fsp3) is 0.368. The Balaban J connectivity index is 1.80. The highest BCUT2D eigenvalue weighted by Crippen LogP contribution is 2.40. The van der Waals surface area contributed by atoms with E-state index >= 15 is 0 Å². The molecule has 1 saturated carbocycles. The molecule has 0 aromatic heterocycles. The summed E-state index contributed by atoms with van der Waals surface area (Å²) in [5, 5.41) is 10.5. The van der Waals surface area contributed by atoms with E-state index in [-0.39, 0.29) is 0 Å². The molecule has 3 rings (SSSR count). The first-order valence-corrected chi connectivity index (χ1v) is 7.64. The minimum absolute atomic E-state index is 0.510. The average molecular weight is 266 g/mol. The lowest BCUT2D eigenvalue weighted by atomic mass is 9.97. The SMILES string of the molecule is CCCc1ccc(C(O)c2cccc(C3CC3)c2)cc1. The van der Waals surface area contributed by atoms with Crippen LogP contribution in [-0.2, 0) is 6.42 Å². The molecule has 0 saturated heterocycles. The zero-order valence-corrected chi connectivity index (χ0v) is 12.0. The van der Waals surface area contributed by atoms with Gasteiger partial charge >= 0.3 is 0 Å². The Morgan fingerprint density at radius 3 is 2.45 bits per heavy atom. The van der Waals surface area contributed by atoms with Crippen LogP contribution in [0.1, 0.15) is 60.5 Å². The number of aliphatic hydroxyl groups excluding tert-OH is 1. The Labute approximate surface area is 121 Å². The van der Waals surface area contributed by atoms with Crippen LogP contribution in [0.4, 0.5) is 0 Å². The minimum Gasteiger partial charge on any atom is -0.384 e. The van der Waals surface area contributed by atoms with Gasteiger partial charge in [-0.15, -0.1) is 0 Å². The Morgan fingerprint density at radius 1 is 1.05 bits per heavy atom. The highest BCUT2D eigenvalue weighted by Gasteiger charge is 2.24. The zero-order chi connectivity index (χ0) is 13.9. The molecule has 0 radical (unpaired) electrons. The molecule has 104 valence electrons. The van der Waals surface area contributed by atoms with Gasteiger partial charge in [0.1, 0.15) is 6.10 Å². The quantitative estimate of drug-likeness (QED) is 0.838. The van der Waals surface area contributed by atoms with E-state index in [2.05, 4.69) is 49.4 Å². The summed E-state index contributed by atoms with van der Waals surface area (Å²) in [5.41, 5.74) is 4.72. The van der Waals surface area contributed by atoms with Gasteiger partial charge in [0.2, 0.25) is 0 Å². The maximum atomic E-state index is 10.5. The molecule has 0 aliphatic heterocycles. The van der Waals surface area contributed by atoms with E-state index in [1.54, 1.807) is 0 Å². The summed E-state index contributed by atoms with van der Waals surface area (Å²) in [6.07, 6.45) is 4.35. The van der Waals surface area contributed by atoms with Crippen molar-refractivity contribution < 1.29 is 5.11 Å². The number of rotatable bonds is 5. The molecule has 1 aliphatic rings. The predicted molar refractivity (Wildman–Crippen MR) is 82.9 cm³/mol. The fourth-order valence-corrected chi connectivity index (χ4v) is 2.75. The molecule has 2 aromatic rings. The molecule has 1 atom stereocenters. The highest BCUT2D eigenvalue weighted by molar-refractivity contribution is 5.36. The highest BCUT2D eigenvalue weighted by atomic mass is 16.3. The Morgan fingerprint density at radius 2 is 1.80 bits per heavy atom. The number of hydrogen-bond donors (Lipinski definition) is 1. The third-order valence-electron chi connectivity index (χ3n) is 4.11. The van der Waals surface area contributed by atoms with Crippen LogP contribution in [-0.4, -0.2) is 5.11 Å². The summed E-state index contributed by atoms with van der Waals surface area (Å²) in [6.45, 7) is 2.19. The van der Waals surface area contributed by atoms with E-state index in [0.29, 0.717) is 0 Å². The average Bonchev–Trinajstić information content (AvgIpc) is 3.33. The Hall–Kier alpha value is -1.60. The first-order chi connectivity index (χ1) is 9.78. The largest absolute Gasteiger partial charge is 0.384 e. The van der Waals surface area contributed by atoms with Crippen molar-refractivity contribution in [3.05, 3.63) is 70.8 Å². The summed E-state index contributed by atoms with van der Waals surface area (Å²) < 4.78 is 0. The van der Waals surface area contributed by atoms with E-state index in [9.17, 15) is 5.11 Å². The number of benzene rings is 2. The van der Waals surface area contributed by atoms with Gasteiger partial charge in [-0.3, -0.25) is 0 Å². The molecule has 1 aliphatic carbocycles. The molecule has 20 heavy (non-hydrogen) atoms. The molecular weight excluding hydrogens is 244 g/mol. The monoisotopic (exact) mass is 266 g/mol. The van der Waals surface area contributed by atoms with Crippen molar-refractivity contribution >= 4 is 0 Å². The molecule has 1 heteroatoms. The predicted octanol–water partition coefficient (Wildman–Crippen LogP) is 4.60.